The third-order valence-electron chi connectivity index (χ3n) is 4.46. The van der Waals surface area contributed by atoms with E-state index in [1.165, 1.54) is 0 Å². The maximum absolute atomic E-state index is 12.7. The molecule has 26 heavy (non-hydrogen) atoms. The average molecular weight is 351 g/mol. The summed E-state index contributed by atoms with van der Waals surface area (Å²) in [6.07, 6.45) is 5.88. The van der Waals surface area contributed by atoms with Gasteiger partial charge in [-0.05, 0) is 30.5 Å². The first kappa shape index (κ1) is 16.5. The lowest BCUT2D eigenvalue weighted by molar-refractivity contribution is 0.0853. The van der Waals surface area contributed by atoms with Crippen molar-refractivity contribution in [2.45, 2.75) is 25.5 Å². The molecule has 3 aromatic rings. The van der Waals surface area contributed by atoms with Crippen molar-refractivity contribution in [2.75, 3.05) is 13.2 Å². The van der Waals surface area contributed by atoms with E-state index in [2.05, 4.69) is 15.6 Å². The van der Waals surface area contributed by atoms with E-state index < -0.39 is 0 Å². The second kappa shape index (κ2) is 7.53. The molecule has 0 aliphatic carbocycles. The van der Waals surface area contributed by atoms with E-state index in [0.717, 1.165) is 25.0 Å². The van der Waals surface area contributed by atoms with Gasteiger partial charge in [0.15, 0.2) is 11.5 Å². The maximum atomic E-state index is 12.7. The minimum absolute atomic E-state index is 0.0911. The largest absolute Gasteiger partial charge is 0.376 e. The number of hydrogen-bond donors (Lipinski definition) is 1. The smallest absolute Gasteiger partial charge is 0.275 e. The Morgan fingerprint density at radius 3 is 2.73 bits per heavy atom. The van der Waals surface area contributed by atoms with Gasteiger partial charge in [0.25, 0.3) is 5.91 Å². The number of nitrogens with zero attached hydrogens (tertiary/aromatic N) is 4. The first-order valence-corrected chi connectivity index (χ1v) is 8.82. The van der Waals surface area contributed by atoms with E-state index in [9.17, 15) is 4.79 Å². The number of rotatable bonds is 6. The lowest BCUT2D eigenvalue weighted by Crippen LogP contribution is -2.32. The summed E-state index contributed by atoms with van der Waals surface area (Å²) in [4.78, 5) is 12.7. The van der Waals surface area contributed by atoms with Crippen LogP contribution in [-0.4, -0.2) is 44.7 Å². The van der Waals surface area contributed by atoms with Crippen LogP contribution in [0.1, 0.15) is 28.9 Å². The molecule has 1 aromatic carbocycles. The van der Waals surface area contributed by atoms with E-state index in [0.29, 0.717) is 24.6 Å². The highest BCUT2D eigenvalue weighted by atomic mass is 16.5. The summed E-state index contributed by atoms with van der Waals surface area (Å²) in [5.41, 5.74) is 1.41. The van der Waals surface area contributed by atoms with Crippen molar-refractivity contribution < 1.29 is 9.53 Å². The van der Waals surface area contributed by atoms with Crippen LogP contribution in [0, 0.1) is 0 Å². The Balaban J connectivity index is 1.58. The van der Waals surface area contributed by atoms with Gasteiger partial charge in [-0.3, -0.25) is 4.79 Å². The number of carbonyl (C=O) groups is 1. The monoisotopic (exact) mass is 351 g/mol. The third-order valence-corrected chi connectivity index (χ3v) is 4.46. The van der Waals surface area contributed by atoms with Crippen LogP contribution < -0.4 is 5.32 Å². The highest BCUT2D eigenvalue weighted by Gasteiger charge is 2.23. The molecule has 1 aliphatic rings. The van der Waals surface area contributed by atoms with Gasteiger partial charge in [0.2, 0.25) is 0 Å². The van der Waals surface area contributed by atoms with Crippen LogP contribution in [0.3, 0.4) is 0 Å². The second-order valence-corrected chi connectivity index (χ2v) is 6.34. The molecule has 1 amide bonds. The Hall–Kier alpha value is -2.93. The number of carbonyl (C=O) groups excluding carboxylic acids is 1. The SMILES string of the molecule is O=C(NCC1CCCO1)c1nnn(Cc2ccccc2)c1-n1cccc1. The van der Waals surface area contributed by atoms with Crippen molar-refractivity contribution in [2.24, 2.45) is 0 Å². The Morgan fingerprint density at radius 1 is 1.19 bits per heavy atom. The van der Waals surface area contributed by atoms with Crippen molar-refractivity contribution in [3.63, 3.8) is 0 Å². The molecule has 0 radical (unpaired) electrons. The summed E-state index contributed by atoms with van der Waals surface area (Å²) in [5.74, 6) is 0.423. The molecular formula is C19H21N5O2. The molecule has 0 spiro atoms. The summed E-state index contributed by atoms with van der Waals surface area (Å²) >= 11 is 0. The molecule has 1 atom stereocenters. The molecule has 7 nitrogen and oxygen atoms in total. The molecule has 0 bridgehead atoms. The minimum Gasteiger partial charge on any atom is -0.376 e. The molecule has 1 fully saturated rings. The quantitative estimate of drug-likeness (QED) is 0.737. The fourth-order valence-corrected chi connectivity index (χ4v) is 3.14. The zero-order valence-electron chi connectivity index (χ0n) is 14.4. The molecule has 7 heteroatoms. The predicted molar refractivity (Wildman–Crippen MR) is 96.2 cm³/mol. The molecule has 134 valence electrons. The van der Waals surface area contributed by atoms with Gasteiger partial charge in [-0.25, -0.2) is 4.68 Å². The van der Waals surface area contributed by atoms with E-state index in [-0.39, 0.29) is 12.0 Å². The summed E-state index contributed by atoms with van der Waals surface area (Å²) in [5, 5.41) is 11.3. The fourth-order valence-electron chi connectivity index (χ4n) is 3.14. The van der Waals surface area contributed by atoms with Crippen molar-refractivity contribution >= 4 is 5.91 Å². The molecule has 0 saturated carbocycles. The second-order valence-electron chi connectivity index (χ2n) is 6.34. The van der Waals surface area contributed by atoms with Crippen molar-refractivity contribution in [3.8, 4) is 5.82 Å². The van der Waals surface area contributed by atoms with Gasteiger partial charge in [-0.1, -0.05) is 35.5 Å². The van der Waals surface area contributed by atoms with Crippen LogP contribution in [0.15, 0.2) is 54.9 Å². The molecule has 1 unspecified atom stereocenters. The van der Waals surface area contributed by atoms with Crippen molar-refractivity contribution in [1.82, 2.24) is 24.9 Å². The van der Waals surface area contributed by atoms with Gasteiger partial charge >= 0.3 is 0 Å². The first-order valence-electron chi connectivity index (χ1n) is 8.82. The van der Waals surface area contributed by atoms with E-state index in [4.69, 9.17) is 4.74 Å². The van der Waals surface area contributed by atoms with E-state index in [1.54, 1.807) is 4.68 Å². The van der Waals surface area contributed by atoms with Gasteiger partial charge in [0.1, 0.15) is 0 Å². The van der Waals surface area contributed by atoms with Crippen LogP contribution >= 0.6 is 0 Å². The number of ether oxygens (including phenoxy) is 1. The molecule has 1 aliphatic heterocycles. The lowest BCUT2D eigenvalue weighted by atomic mass is 10.2. The Kier molecular flexibility index (Phi) is 4.79. The fraction of sp³-hybridized carbons (Fsp3) is 0.316. The number of aromatic nitrogens is 4. The van der Waals surface area contributed by atoms with Gasteiger partial charge in [-0.15, -0.1) is 5.10 Å². The molecule has 3 heterocycles. The number of hydrogen-bond acceptors (Lipinski definition) is 4. The Bertz CT molecular complexity index is 851. The molecular weight excluding hydrogens is 330 g/mol. The van der Waals surface area contributed by atoms with Crippen LogP contribution in [0.5, 0.6) is 0 Å². The highest BCUT2D eigenvalue weighted by molar-refractivity contribution is 5.95. The molecule has 1 saturated heterocycles. The zero-order chi connectivity index (χ0) is 17.8. The normalized spacial score (nSPS) is 16.7. The number of benzene rings is 1. The van der Waals surface area contributed by atoms with Crippen LogP contribution in [0.2, 0.25) is 0 Å². The summed E-state index contributed by atoms with van der Waals surface area (Å²) in [6.45, 7) is 1.80. The number of amides is 1. The minimum atomic E-state index is -0.233. The zero-order valence-corrected chi connectivity index (χ0v) is 14.4. The topological polar surface area (TPSA) is 74.0 Å². The molecule has 2 aromatic heterocycles. The molecule has 1 N–H and O–H groups in total. The van der Waals surface area contributed by atoms with Gasteiger partial charge < -0.3 is 14.6 Å². The van der Waals surface area contributed by atoms with Crippen LogP contribution in [0.25, 0.3) is 5.82 Å². The maximum Gasteiger partial charge on any atom is 0.275 e. The highest BCUT2D eigenvalue weighted by Crippen LogP contribution is 2.16. The molecule has 4 rings (SSSR count). The Labute approximate surface area is 151 Å². The van der Waals surface area contributed by atoms with Crippen LogP contribution in [-0.2, 0) is 11.3 Å². The van der Waals surface area contributed by atoms with Crippen LogP contribution in [0.4, 0.5) is 0 Å². The van der Waals surface area contributed by atoms with Gasteiger partial charge in [0.05, 0.1) is 12.6 Å². The summed E-state index contributed by atoms with van der Waals surface area (Å²) < 4.78 is 9.18. The number of nitrogens with one attached hydrogen (secondary N) is 1. The standard InChI is InChI=1S/C19H21N5O2/c25-18(20-13-16-9-6-12-26-16)17-19(23-10-4-5-11-23)24(22-21-17)14-15-7-2-1-3-8-15/h1-5,7-8,10-11,16H,6,9,12-14H2,(H,20,25). The average Bonchev–Trinajstić information content (AvgIpc) is 3.41. The Morgan fingerprint density at radius 2 is 2.00 bits per heavy atom. The lowest BCUT2D eigenvalue weighted by Gasteiger charge is -2.12. The third kappa shape index (κ3) is 3.52. The predicted octanol–water partition coefficient (Wildman–Crippen LogP) is 2.03. The van der Waals surface area contributed by atoms with Crippen molar-refractivity contribution in [3.05, 3.63) is 66.1 Å². The van der Waals surface area contributed by atoms with Crippen molar-refractivity contribution in [1.29, 1.82) is 0 Å². The van der Waals surface area contributed by atoms with Gasteiger partial charge in [0, 0.05) is 25.5 Å². The van der Waals surface area contributed by atoms with Gasteiger partial charge in [-0.2, -0.15) is 0 Å². The van der Waals surface area contributed by atoms with E-state index >= 15 is 0 Å². The summed E-state index contributed by atoms with van der Waals surface area (Å²) in [7, 11) is 0. The van der Waals surface area contributed by atoms with E-state index in [1.807, 2.05) is 59.4 Å². The summed E-state index contributed by atoms with van der Waals surface area (Å²) in [6, 6.07) is 13.8. The first-order chi connectivity index (χ1) is 12.8.